The lowest BCUT2D eigenvalue weighted by atomic mass is 9.87. The minimum Gasteiger partial charge on any atom is -0.419 e. The molecule has 2 heterocycles. The molecule has 5 heteroatoms. The molecular weight excluding hydrogens is 312 g/mol. The second-order valence-corrected chi connectivity index (χ2v) is 7.53. The molecule has 0 N–H and O–H groups in total. The lowest BCUT2D eigenvalue weighted by molar-refractivity contribution is 0.266. The van der Waals surface area contributed by atoms with E-state index in [0.717, 1.165) is 38.3 Å². The van der Waals surface area contributed by atoms with Gasteiger partial charge in [0.15, 0.2) is 0 Å². The molecular formula is C20H26N4O. The first-order valence-electron chi connectivity index (χ1n) is 8.91. The van der Waals surface area contributed by atoms with E-state index in [1.165, 1.54) is 5.56 Å². The Bertz CT molecular complexity index is 756. The van der Waals surface area contributed by atoms with Gasteiger partial charge in [-0.3, -0.25) is 0 Å². The fourth-order valence-electron chi connectivity index (χ4n) is 3.10. The van der Waals surface area contributed by atoms with Crippen LogP contribution in [-0.2, 0) is 5.41 Å². The third kappa shape index (κ3) is 3.69. The lowest BCUT2D eigenvalue weighted by Gasteiger charge is -2.33. The molecule has 3 rings (SSSR count). The van der Waals surface area contributed by atoms with Gasteiger partial charge >= 0.3 is 0 Å². The van der Waals surface area contributed by atoms with Gasteiger partial charge < -0.3 is 14.2 Å². The average Bonchev–Trinajstić information content (AvgIpc) is 3.05. The van der Waals surface area contributed by atoms with Gasteiger partial charge in [-0.2, -0.15) is 10.2 Å². The minimum atomic E-state index is 0.108. The highest BCUT2D eigenvalue weighted by Gasteiger charge is 2.24. The highest BCUT2D eigenvalue weighted by Crippen LogP contribution is 2.30. The summed E-state index contributed by atoms with van der Waals surface area (Å²) in [7, 11) is 0. The third-order valence-electron chi connectivity index (χ3n) is 4.82. The first-order valence-corrected chi connectivity index (χ1v) is 8.91. The molecule has 5 nitrogen and oxygen atoms in total. The van der Waals surface area contributed by atoms with Gasteiger partial charge in [0.2, 0.25) is 17.5 Å². The number of nitrogens with zero attached hydrogens (tertiary/aromatic N) is 4. The molecule has 0 spiro atoms. The molecule has 25 heavy (non-hydrogen) atoms. The number of nitriles is 1. The molecule has 1 aromatic heterocycles. The molecule has 0 amide bonds. The van der Waals surface area contributed by atoms with Crippen LogP contribution in [-0.4, -0.2) is 42.6 Å². The second kappa shape index (κ2) is 6.89. The van der Waals surface area contributed by atoms with Crippen molar-refractivity contribution in [3.63, 3.8) is 0 Å². The molecule has 132 valence electrons. The van der Waals surface area contributed by atoms with E-state index in [0.29, 0.717) is 17.5 Å². The summed E-state index contributed by atoms with van der Waals surface area (Å²) in [6.45, 7) is 13.5. The van der Waals surface area contributed by atoms with Crippen LogP contribution in [0.4, 0.5) is 5.88 Å². The number of piperazine rings is 1. The zero-order chi connectivity index (χ0) is 18.0. The maximum atomic E-state index is 9.45. The van der Waals surface area contributed by atoms with Crippen LogP contribution in [0.3, 0.4) is 0 Å². The van der Waals surface area contributed by atoms with E-state index in [9.17, 15) is 5.26 Å². The zero-order valence-corrected chi connectivity index (χ0v) is 15.5. The molecule has 2 aromatic rings. The van der Waals surface area contributed by atoms with Crippen LogP contribution in [0.1, 0.15) is 39.0 Å². The standard InChI is InChI=1S/C20H26N4O/c1-5-23-10-12-24(13-11-23)19-17(14-21)22-18(25-19)15-6-8-16(9-7-15)20(2,3)4/h6-9H,5,10-13H2,1-4H3. The van der Waals surface area contributed by atoms with E-state index >= 15 is 0 Å². The Morgan fingerprint density at radius 3 is 2.28 bits per heavy atom. The molecule has 1 aliphatic rings. The van der Waals surface area contributed by atoms with Crippen LogP contribution in [0.5, 0.6) is 0 Å². The van der Waals surface area contributed by atoms with E-state index in [1.807, 2.05) is 12.1 Å². The molecule has 0 aliphatic carbocycles. The number of oxazole rings is 1. The maximum Gasteiger partial charge on any atom is 0.235 e. The second-order valence-electron chi connectivity index (χ2n) is 7.53. The van der Waals surface area contributed by atoms with Crippen molar-refractivity contribution in [3.8, 4) is 17.5 Å². The van der Waals surface area contributed by atoms with Crippen LogP contribution in [0, 0.1) is 11.3 Å². The van der Waals surface area contributed by atoms with Gasteiger partial charge in [0.25, 0.3) is 0 Å². The van der Waals surface area contributed by atoms with E-state index in [1.54, 1.807) is 0 Å². The smallest absolute Gasteiger partial charge is 0.235 e. The summed E-state index contributed by atoms with van der Waals surface area (Å²) in [6.07, 6.45) is 0. The predicted octanol–water partition coefficient (Wildman–Crippen LogP) is 3.65. The van der Waals surface area contributed by atoms with Crippen LogP contribution >= 0.6 is 0 Å². The highest BCUT2D eigenvalue weighted by atomic mass is 16.4. The molecule has 0 atom stereocenters. The number of hydrogen-bond acceptors (Lipinski definition) is 5. The molecule has 1 saturated heterocycles. The monoisotopic (exact) mass is 338 g/mol. The summed E-state index contributed by atoms with van der Waals surface area (Å²) in [5.41, 5.74) is 2.65. The van der Waals surface area contributed by atoms with E-state index in [4.69, 9.17) is 4.42 Å². The van der Waals surface area contributed by atoms with E-state index in [-0.39, 0.29) is 5.41 Å². The van der Waals surface area contributed by atoms with Crippen molar-refractivity contribution in [2.45, 2.75) is 33.1 Å². The Morgan fingerprint density at radius 2 is 1.76 bits per heavy atom. The summed E-state index contributed by atoms with van der Waals surface area (Å²) < 4.78 is 6.00. The van der Waals surface area contributed by atoms with Crippen molar-refractivity contribution in [2.75, 3.05) is 37.6 Å². The molecule has 1 fully saturated rings. The topological polar surface area (TPSA) is 56.3 Å². The zero-order valence-electron chi connectivity index (χ0n) is 15.5. The van der Waals surface area contributed by atoms with E-state index < -0.39 is 0 Å². The van der Waals surface area contributed by atoms with E-state index in [2.05, 4.69) is 60.7 Å². The predicted molar refractivity (Wildman–Crippen MR) is 99.7 cm³/mol. The SMILES string of the molecule is CCN1CCN(c2oc(-c3ccc(C(C)(C)C)cc3)nc2C#N)CC1. The van der Waals surface area contributed by atoms with Gasteiger partial charge in [-0.1, -0.05) is 39.8 Å². The van der Waals surface area contributed by atoms with Crippen molar-refractivity contribution in [2.24, 2.45) is 0 Å². The van der Waals surface area contributed by atoms with Gasteiger partial charge in [-0.15, -0.1) is 0 Å². The highest BCUT2D eigenvalue weighted by molar-refractivity contribution is 5.60. The first kappa shape index (κ1) is 17.5. The molecule has 0 unspecified atom stereocenters. The number of hydrogen-bond donors (Lipinski definition) is 0. The number of anilines is 1. The summed E-state index contributed by atoms with van der Waals surface area (Å²) in [6, 6.07) is 10.4. The number of aromatic nitrogens is 1. The average molecular weight is 338 g/mol. The van der Waals surface area contributed by atoms with Crippen molar-refractivity contribution in [1.82, 2.24) is 9.88 Å². The Morgan fingerprint density at radius 1 is 1.12 bits per heavy atom. The van der Waals surface area contributed by atoms with Crippen molar-refractivity contribution in [3.05, 3.63) is 35.5 Å². The number of likely N-dealkylation sites (N-methyl/N-ethyl adjacent to an activating group) is 1. The minimum absolute atomic E-state index is 0.108. The summed E-state index contributed by atoms with van der Waals surface area (Å²) >= 11 is 0. The van der Waals surface area contributed by atoms with Crippen LogP contribution in [0.2, 0.25) is 0 Å². The van der Waals surface area contributed by atoms with Gasteiger partial charge in [0.1, 0.15) is 6.07 Å². The molecule has 1 aliphatic heterocycles. The van der Waals surface area contributed by atoms with Gasteiger partial charge in [-0.05, 0) is 29.7 Å². The molecule has 0 bridgehead atoms. The van der Waals surface area contributed by atoms with Crippen LogP contribution in [0.15, 0.2) is 28.7 Å². The van der Waals surface area contributed by atoms with Gasteiger partial charge in [-0.25, -0.2) is 0 Å². The fraction of sp³-hybridized carbons (Fsp3) is 0.500. The number of benzene rings is 1. The van der Waals surface area contributed by atoms with Gasteiger partial charge in [0.05, 0.1) is 0 Å². The van der Waals surface area contributed by atoms with Crippen molar-refractivity contribution < 1.29 is 4.42 Å². The summed E-state index contributed by atoms with van der Waals surface area (Å²) in [4.78, 5) is 8.95. The molecule has 0 saturated carbocycles. The van der Waals surface area contributed by atoms with Crippen molar-refractivity contribution in [1.29, 1.82) is 5.26 Å². The fourth-order valence-corrected chi connectivity index (χ4v) is 3.10. The van der Waals surface area contributed by atoms with Crippen LogP contribution < -0.4 is 4.90 Å². The lowest BCUT2D eigenvalue weighted by Crippen LogP contribution is -2.46. The Kier molecular flexibility index (Phi) is 4.82. The molecule has 0 radical (unpaired) electrons. The number of rotatable bonds is 3. The largest absolute Gasteiger partial charge is 0.419 e. The van der Waals surface area contributed by atoms with Crippen molar-refractivity contribution >= 4 is 5.88 Å². The third-order valence-corrected chi connectivity index (χ3v) is 4.82. The Labute approximate surface area is 149 Å². The molecule has 1 aromatic carbocycles. The van der Waals surface area contributed by atoms with Gasteiger partial charge in [0, 0.05) is 31.7 Å². The summed E-state index contributed by atoms with van der Waals surface area (Å²) in [5.74, 6) is 1.12. The normalized spacial score (nSPS) is 16.0. The summed E-state index contributed by atoms with van der Waals surface area (Å²) in [5, 5.41) is 9.45. The quantitative estimate of drug-likeness (QED) is 0.855. The van der Waals surface area contributed by atoms with Crippen LogP contribution in [0.25, 0.3) is 11.5 Å². The Hall–Kier alpha value is -2.32. The Balaban J connectivity index is 1.85. The maximum absolute atomic E-state index is 9.45. The first-order chi connectivity index (χ1) is 11.9.